The Hall–Kier alpha value is -7.78. The van der Waals surface area contributed by atoms with Crippen molar-refractivity contribution in [1.29, 1.82) is 5.26 Å². The number of alkyl halides is 9. The van der Waals surface area contributed by atoms with Gasteiger partial charge in [-0.2, -0.15) is 44.8 Å². The van der Waals surface area contributed by atoms with E-state index in [9.17, 15) is 44.8 Å². The summed E-state index contributed by atoms with van der Waals surface area (Å²) in [6, 6.07) is 42.0. The number of fused-ring (bicyclic) bond motifs is 6. The summed E-state index contributed by atoms with van der Waals surface area (Å²) in [6.45, 7) is 5.59. The molecule has 10 aromatic rings. The van der Waals surface area contributed by atoms with Gasteiger partial charge in [0.1, 0.15) is 0 Å². The van der Waals surface area contributed by atoms with Gasteiger partial charge in [0.25, 0.3) is 0 Å². The van der Waals surface area contributed by atoms with Crippen LogP contribution in [0, 0.1) is 32.1 Å². The molecule has 0 spiro atoms. The van der Waals surface area contributed by atoms with E-state index in [4.69, 9.17) is 0 Å². The molecule has 0 unspecified atom stereocenters. The molecule has 0 fully saturated rings. The molecule has 2 aromatic heterocycles. The van der Waals surface area contributed by atoms with Gasteiger partial charge in [-0.1, -0.05) is 96.6 Å². The van der Waals surface area contributed by atoms with Gasteiger partial charge in [0.15, 0.2) is 0 Å². The van der Waals surface area contributed by atoms with Crippen LogP contribution in [-0.4, -0.2) is 9.13 Å². The number of hydrogen-bond donors (Lipinski definition) is 0. The summed E-state index contributed by atoms with van der Waals surface area (Å²) in [7, 11) is 0. The molecule has 10 rings (SSSR count). The lowest BCUT2D eigenvalue weighted by atomic mass is 9.93. The van der Waals surface area contributed by atoms with Gasteiger partial charge in [0.05, 0.1) is 61.8 Å². The van der Waals surface area contributed by atoms with Crippen molar-refractivity contribution >= 4 is 43.6 Å². The standard InChI is InChI=1S/C55H34F9N3/c1-30-12-17-38(31(2)22-30)34-13-18-43-41-8-4-6-10-46(41)66(48(43)26-34)50-24-33(29-65)25-51(52(50)39-20-15-36(23-32(39)3)53(56,57)58)67-47-11-7-5-9-42(47)44-19-14-35(27-49(44)67)40-21-16-37(54(59,60)61)28-45(40)55(62,63)64/h4-28H,1-3H3. The highest BCUT2D eigenvalue weighted by atomic mass is 19.4. The maximum Gasteiger partial charge on any atom is 0.417 e. The van der Waals surface area contributed by atoms with Gasteiger partial charge in [-0.15, -0.1) is 0 Å². The first-order valence-corrected chi connectivity index (χ1v) is 21.0. The highest BCUT2D eigenvalue weighted by Gasteiger charge is 2.39. The fourth-order valence-corrected chi connectivity index (χ4v) is 9.57. The lowest BCUT2D eigenvalue weighted by Crippen LogP contribution is -2.12. The van der Waals surface area contributed by atoms with Crippen LogP contribution >= 0.6 is 0 Å². The predicted octanol–water partition coefficient (Wildman–Crippen LogP) is 16.7. The largest absolute Gasteiger partial charge is 0.417 e. The number of rotatable bonds is 5. The maximum absolute atomic E-state index is 14.7. The van der Waals surface area contributed by atoms with Crippen molar-refractivity contribution in [3.63, 3.8) is 0 Å². The lowest BCUT2D eigenvalue weighted by Gasteiger charge is -2.23. The molecule has 67 heavy (non-hydrogen) atoms. The smallest absolute Gasteiger partial charge is 0.308 e. The zero-order valence-corrected chi connectivity index (χ0v) is 35.7. The van der Waals surface area contributed by atoms with E-state index < -0.39 is 40.8 Å². The molecule has 0 aliphatic heterocycles. The summed E-state index contributed by atoms with van der Waals surface area (Å²) in [6.07, 6.45) is -14.9. The average Bonchev–Trinajstić information content (AvgIpc) is 3.79. The van der Waals surface area contributed by atoms with Crippen LogP contribution in [0.1, 0.15) is 38.9 Å². The van der Waals surface area contributed by atoms with Crippen LogP contribution in [-0.2, 0) is 18.5 Å². The maximum atomic E-state index is 14.7. The van der Waals surface area contributed by atoms with E-state index in [2.05, 4.69) is 12.1 Å². The van der Waals surface area contributed by atoms with E-state index in [1.165, 1.54) is 18.2 Å². The van der Waals surface area contributed by atoms with E-state index in [1.807, 2.05) is 79.1 Å². The third kappa shape index (κ3) is 7.26. The van der Waals surface area contributed by atoms with Crippen molar-refractivity contribution in [2.24, 2.45) is 0 Å². The molecule has 0 saturated heterocycles. The van der Waals surface area contributed by atoms with Crippen LogP contribution in [0.5, 0.6) is 0 Å². The van der Waals surface area contributed by atoms with E-state index in [0.717, 1.165) is 62.3 Å². The van der Waals surface area contributed by atoms with E-state index in [-0.39, 0.29) is 22.8 Å². The summed E-state index contributed by atoms with van der Waals surface area (Å²) in [5, 5.41) is 13.8. The Balaban J connectivity index is 1.35. The first kappa shape index (κ1) is 43.1. The van der Waals surface area contributed by atoms with Crippen LogP contribution in [0.3, 0.4) is 0 Å². The Morgan fingerprint density at radius 1 is 0.418 bits per heavy atom. The van der Waals surface area contributed by atoms with Gasteiger partial charge in [0, 0.05) is 27.1 Å². The minimum atomic E-state index is -5.16. The average molecular weight is 908 g/mol. The van der Waals surface area contributed by atoms with Crippen molar-refractivity contribution in [2.75, 3.05) is 0 Å². The normalized spacial score (nSPS) is 12.5. The number of halogens is 9. The Morgan fingerprint density at radius 2 is 0.881 bits per heavy atom. The monoisotopic (exact) mass is 907 g/mol. The van der Waals surface area contributed by atoms with Crippen LogP contribution in [0.15, 0.2) is 152 Å². The molecule has 0 atom stereocenters. The molecule has 0 amide bonds. The van der Waals surface area contributed by atoms with Crippen molar-refractivity contribution < 1.29 is 39.5 Å². The number of nitriles is 1. The SMILES string of the molecule is Cc1ccc(-c2ccc3c4ccccc4n(-c4cc(C#N)cc(-n5c6ccccc6c6ccc(-c7ccc(C(F)(F)F)cc7C(F)(F)F)cc65)c4-c4ccc(C(F)(F)F)cc4C)c3c2)c(C)c1. The summed E-state index contributed by atoms with van der Waals surface area (Å²) in [5.74, 6) is 0. The molecular formula is C55H34F9N3. The summed E-state index contributed by atoms with van der Waals surface area (Å²) < 4.78 is 132. The van der Waals surface area contributed by atoms with Crippen LogP contribution in [0.4, 0.5) is 39.5 Å². The van der Waals surface area contributed by atoms with Gasteiger partial charge in [-0.05, 0) is 120 Å². The first-order chi connectivity index (χ1) is 31.8. The molecule has 3 nitrogen and oxygen atoms in total. The van der Waals surface area contributed by atoms with Gasteiger partial charge in [0.2, 0.25) is 0 Å². The molecule has 0 radical (unpaired) electrons. The fourth-order valence-electron chi connectivity index (χ4n) is 9.57. The summed E-state index contributed by atoms with van der Waals surface area (Å²) >= 11 is 0. The van der Waals surface area contributed by atoms with E-state index in [1.54, 1.807) is 47.9 Å². The predicted molar refractivity (Wildman–Crippen MR) is 245 cm³/mol. The molecular weight excluding hydrogens is 874 g/mol. The number of hydrogen-bond acceptors (Lipinski definition) is 1. The fraction of sp³-hybridized carbons (Fsp3) is 0.109. The van der Waals surface area contributed by atoms with E-state index in [0.29, 0.717) is 50.4 Å². The zero-order valence-electron chi connectivity index (χ0n) is 35.7. The lowest BCUT2D eigenvalue weighted by molar-refractivity contribution is -0.143. The first-order valence-electron chi connectivity index (χ1n) is 21.0. The highest BCUT2D eigenvalue weighted by molar-refractivity contribution is 6.13. The minimum absolute atomic E-state index is 0.0390. The molecule has 0 N–H and O–H groups in total. The van der Waals surface area contributed by atoms with Gasteiger partial charge < -0.3 is 9.13 Å². The number of para-hydroxylation sites is 2. The highest BCUT2D eigenvalue weighted by Crippen LogP contribution is 2.47. The van der Waals surface area contributed by atoms with Crippen LogP contribution in [0.2, 0.25) is 0 Å². The van der Waals surface area contributed by atoms with Gasteiger partial charge >= 0.3 is 18.5 Å². The van der Waals surface area contributed by atoms with Gasteiger partial charge in [-0.25, -0.2) is 0 Å². The Kier molecular flexibility index (Phi) is 9.92. The molecule has 12 heteroatoms. The second-order valence-corrected chi connectivity index (χ2v) is 16.8. The molecule has 8 aromatic carbocycles. The molecule has 0 aliphatic rings. The molecule has 0 aliphatic carbocycles. The Labute approximate surface area is 377 Å². The number of aryl methyl sites for hydroxylation is 3. The number of aromatic nitrogens is 2. The van der Waals surface area contributed by atoms with Crippen molar-refractivity contribution in [1.82, 2.24) is 9.13 Å². The van der Waals surface area contributed by atoms with Crippen molar-refractivity contribution in [3.05, 3.63) is 191 Å². The molecule has 0 bridgehead atoms. The summed E-state index contributed by atoms with van der Waals surface area (Å²) in [4.78, 5) is 0. The molecule has 2 heterocycles. The second-order valence-electron chi connectivity index (χ2n) is 16.8. The Bertz CT molecular complexity index is 3710. The topological polar surface area (TPSA) is 33.6 Å². The molecule has 332 valence electrons. The zero-order chi connectivity index (χ0) is 47.3. The number of nitrogens with zero attached hydrogens (tertiary/aromatic N) is 3. The van der Waals surface area contributed by atoms with Crippen molar-refractivity contribution in [2.45, 2.75) is 39.3 Å². The number of benzene rings is 8. The second kappa shape index (κ2) is 15.4. The quantitative estimate of drug-likeness (QED) is 0.158. The van der Waals surface area contributed by atoms with Crippen LogP contribution in [0.25, 0.3) is 88.4 Å². The third-order valence-corrected chi connectivity index (χ3v) is 12.5. The minimum Gasteiger partial charge on any atom is -0.308 e. The third-order valence-electron chi connectivity index (χ3n) is 12.5. The molecule has 0 saturated carbocycles. The van der Waals surface area contributed by atoms with Crippen LogP contribution < -0.4 is 0 Å². The summed E-state index contributed by atoms with van der Waals surface area (Å²) in [5.41, 5.74) is 3.96. The van der Waals surface area contributed by atoms with E-state index >= 15 is 0 Å². The van der Waals surface area contributed by atoms with Crippen molar-refractivity contribution in [3.8, 4) is 50.8 Å². The van der Waals surface area contributed by atoms with Gasteiger partial charge in [-0.3, -0.25) is 0 Å². The Morgan fingerprint density at radius 3 is 1.37 bits per heavy atom.